The molecule has 1 aromatic carbocycles. The standard InChI is InChI=1S/C27H30N8O/c1-19-13-29-27(30-14-19)33-10-8-21-5-3-7-24(22(21)16-33)32-11-12-35(20(2)15-32)25(36)17-34-18-31-23-6-4-9-28-26(23)34/h3-7,9,13-14,18,20H,8,10-12,15-17H2,1-2H3. The van der Waals surface area contributed by atoms with E-state index in [2.05, 4.69) is 54.9 Å². The Morgan fingerprint density at radius 1 is 1.00 bits per heavy atom. The van der Waals surface area contributed by atoms with Crippen LogP contribution in [-0.4, -0.2) is 67.5 Å². The first kappa shape index (κ1) is 22.5. The lowest BCUT2D eigenvalue weighted by atomic mass is 9.96. The van der Waals surface area contributed by atoms with Gasteiger partial charge in [-0.05, 0) is 55.2 Å². The Bertz CT molecular complexity index is 1400. The number of carbonyl (C=O) groups excluding carboxylic acids is 1. The van der Waals surface area contributed by atoms with Crippen molar-refractivity contribution in [2.24, 2.45) is 0 Å². The van der Waals surface area contributed by atoms with Crippen LogP contribution >= 0.6 is 0 Å². The van der Waals surface area contributed by atoms with Crippen LogP contribution in [0.4, 0.5) is 11.6 Å². The highest BCUT2D eigenvalue weighted by Gasteiger charge is 2.30. The maximum absolute atomic E-state index is 13.2. The zero-order chi connectivity index (χ0) is 24.6. The molecule has 184 valence electrons. The molecule has 0 radical (unpaired) electrons. The summed E-state index contributed by atoms with van der Waals surface area (Å²) in [4.78, 5) is 37.8. The molecule has 1 amide bonds. The van der Waals surface area contributed by atoms with Crippen LogP contribution in [-0.2, 0) is 24.3 Å². The monoisotopic (exact) mass is 482 g/mol. The van der Waals surface area contributed by atoms with Crippen LogP contribution in [0, 0.1) is 6.92 Å². The molecule has 4 aromatic rings. The summed E-state index contributed by atoms with van der Waals surface area (Å²) < 4.78 is 1.84. The average Bonchev–Trinajstić information content (AvgIpc) is 3.31. The number of fused-ring (bicyclic) bond motifs is 2. The van der Waals surface area contributed by atoms with Gasteiger partial charge >= 0.3 is 0 Å². The molecule has 6 rings (SSSR count). The van der Waals surface area contributed by atoms with Gasteiger partial charge in [-0.25, -0.2) is 19.9 Å². The van der Waals surface area contributed by atoms with Gasteiger partial charge in [0.05, 0.1) is 6.33 Å². The largest absolute Gasteiger partial charge is 0.367 e. The molecule has 3 aromatic heterocycles. The van der Waals surface area contributed by atoms with E-state index in [9.17, 15) is 4.79 Å². The molecule has 1 fully saturated rings. The third-order valence-electron chi connectivity index (χ3n) is 7.27. The van der Waals surface area contributed by atoms with E-state index in [0.29, 0.717) is 6.54 Å². The van der Waals surface area contributed by atoms with Crippen LogP contribution in [0.2, 0.25) is 0 Å². The van der Waals surface area contributed by atoms with Gasteiger partial charge in [0.2, 0.25) is 11.9 Å². The first-order valence-electron chi connectivity index (χ1n) is 12.5. The second-order valence-electron chi connectivity index (χ2n) is 9.75. The Hall–Kier alpha value is -4.01. The van der Waals surface area contributed by atoms with E-state index in [0.717, 1.165) is 55.3 Å². The van der Waals surface area contributed by atoms with Crippen molar-refractivity contribution in [3.8, 4) is 0 Å². The van der Waals surface area contributed by atoms with Crippen LogP contribution in [0.5, 0.6) is 0 Å². The minimum absolute atomic E-state index is 0.102. The number of piperazine rings is 1. The summed E-state index contributed by atoms with van der Waals surface area (Å²) in [7, 11) is 0. The third kappa shape index (κ3) is 4.14. The van der Waals surface area contributed by atoms with E-state index in [-0.39, 0.29) is 18.5 Å². The van der Waals surface area contributed by atoms with Crippen molar-refractivity contribution in [3.63, 3.8) is 0 Å². The highest BCUT2D eigenvalue weighted by atomic mass is 16.2. The molecule has 0 N–H and O–H groups in total. The maximum Gasteiger partial charge on any atom is 0.242 e. The number of anilines is 2. The summed E-state index contributed by atoms with van der Waals surface area (Å²) in [6, 6.07) is 10.5. The van der Waals surface area contributed by atoms with Crippen molar-refractivity contribution in [2.75, 3.05) is 36.0 Å². The summed E-state index contributed by atoms with van der Waals surface area (Å²) >= 11 is 0. The summed E-state index contributed by atoms with van der Waals surface area (Å²) in [5, 5.41) is 0. The van der Waals surface area contributed by atoms with Crippen LogP contribution in [0.15, 0.2) is 55.2 Å². The van der Waals surface area contributed by atoms with Gasteiger partial charge < -0.3 is 19.3 Å². The van der Waals surface area contributed by atoms with E-state index >= 15 is 0 Å². The SMILES string of the molecule is Cc1cnc(N2CCc3cccc(N4CCN(C(=O)Cn5cnc6cccnc65)C(C)C4)c3C2)nc1. The minimum Gasteiger partial charge on any atom is -0.367 e. The number of benzene rings is 1. The molecular weight excluding hydrogens is 452 g/mol. The lowest BCUT2D eigenvalue weighted by molar-refractivity contribution is -0.134. The number of rotatable bonds is 4. The van der Waals surface area contributed by atoms with E-state index in [1.54, 1.807) is 12.5 Å². The molecule has 0 bridgehead atoms. The summed E-state index contributed by atoms with van der Waals surface area (Å²) in [6.07, 6.45) is 8.17. The molecule has 0 saturated carbocycles. The summed E-state index contributed by atoms with van der Waals surface area (Å²) in [5.74, 6) is 0.885. The van der Waals surface area contributed by atoms with E-state index in [4.69, 9.17) is 0 Å². The predicted octanol–water partition coefficient (Wildman–Crippen LogP) is 2.83. The molecule has 9 heteroatoms. The number of carbonyl (C=O) groups is 1. The van der Waals surface area contributed by atoms with Crippen LogP contribution in [0.3, 0.4) is 0 Å². The zero-order valence-electron chi connectivity index (χ0n) is 20.7. The van der Waals surface area contributed by atoms with Gasteiger partial charge in [0.1, 0.15) is 12.1 Å². The van der Waals surface area contributed by atoms with Gasteiger partial charge in [0.25, 0.3) is 0 Å². The Kier molecular flexibility index (Phi) is 5.75. The predicted molar refractivity (Wildman–Crippen MR) is 139 cm³/mol. The molecule has 1 unspecified atom stereocenters. The van der Waals surface area contributed by atoms with Crippen LogP contribution in [0.25, 0.3) is 11.2 Å². The quantitative estimate of drug-likeness (QED) is 0.442. The average molecular weight is 483 g/mol. The molecule has 1 saturated heterocycles. The highest BCUT2D eigenvalue weighted by Crippen LogP contribution is 2.32. The summed E-state index contributed by atoms with van der Waals surface area (Å²) in [5.41, 5.74) is 6.61. The second kappa shape index (κ2) is 9.22. The van der Waals surface area contributed by atoms with Gasteiger partial charge in [-0.2, -0.15) is 0 Å². The third-order valence-corrected chi connectivity index (χ3v) is 7.27. The number of pyridine rings is 1. The molecule has 5 heterocycles. The Morgan fingerprint density at radius 2 is 1.86 bits per heavy atom. The van der Waals surface area contributed by atoms with Crippen molar-refractivity contribution in [2.45, 2.75) is 39.4 Å². The fourth-order valence-corrected chi connectivity index (χ4v) is 5.38. The topological polar surface area (TPSA) is 83.3 Å². The van der Waals surface area contributed by atoms with Crippen molar-refractivity contribution >= 4 is 28.7 Å². The normalized spacial score (nSPS) is 17.9. The Balaban J connectivity index is 1.17. The van der Waals surface area contributed by atoms with Crippen LogP contribution < -0.4 is 9.80 Å². The van der Waals surface area contributed by atoms with E-state index < -0.39 is 0 Å². The lowest BCUT2D eigenvalue weighted by Crippen LogP contribution is -2.55. The number of aryl methyl sites for hydroxylation is 1. The Morgan fingerprint density at radius 3 is 2.69 bits per heavy atom. The number of aromatic nitrogens is 5. The zero-order valence-corrected chi connectivity index (χ0v) is 20.7. The maximum atomic E-state index is 13.2. The Labute approximate surface area is 210 Å². The van der Waals surface area contributed by atoms with Gasteiger partial charge in [-0.1, -0.05) is 12.1 Å². The molecule has 36 heavy (non-hydrogen) atoms. The van der Waals surface area contributed by atoms with E-state index in [1.165, 1.54) is 16.8 Å². The van der Waals surface area contributed by atoms with Gasteiger partial charge in [0, 0.05) is 63.0 Å². The second-order valence-corrected chi connectivity index (χ2v) is 9.75. The summed E-state index contributed by atoms with van der Waals surface area (Å²) in [6.45, 7) is 8.39. The van der Waals surface area contributed by atoms with Crippen molar-refractivity contribution in [1.82, 2.24) is 29.4 Å². The minimum atomic E-state index is 0.102. The molecule has 0 spiro atoms. The van der Waals surface area contributed by atoms with Gasteiger partial charge in [-0.3, -0.25) is 4.79 Å². The highest BCUT2D eigenvalue weighted by molar-refractivity contribution is 5.79. The van der Waals surface area contributed by atoms with Gasteiger partial charge in [-0.15, -0.1) is 0 Å². The fraction of sp³-hybridized carbons (Fsp3) is 0.370. The number of hydrogen-bond acceptors (Lipinski definition) is 7. The first-order valence-corrected chi connectivity index (χ1v) is 12.5. The molecule has 0 aliphatic carbocycles. The number of imidazole rings is 1. The molecular formula is C27H30N8O. The van der Waals surface area contributed by atoms with E-state index in [1.807, 2.05) is 40.9 Å². The van der Waals surface area contributed by atoms with Gasteiger partial charge in [0.15, 0.2) is 5.65 Å². The molecule has 1 atom stereocenters. The molecule has 9 nitrogen and oxygen atoms in total. The fourth-order valence-electron chi connectivity index (χ4n) is 5.38. The van der Waals surface area contributed by atoms with Crippen molar-refractivity contribution in [1.29, 1.82) is 0 Å². The van der Waals surface area contributed by atoms with Crippen molar-refractivity contribution in [3.05, 3.63) is 71.9 Å². The number of amides is 1. The number of hydrogen-bond donors (Lipinski definition) is 0. The number of nitrogens with zero attached hydrogens (tertiary/aromatic N) is 8. The molecule has 2 aliphatic heterocycles. The first-order chi connectivity index (χ1) is 17.6. The lowest BCUT2D eigenvalue weighted by Gasteiger charge is -2.42. The van der Waals surface area contributed by atoms with Crippen LogP contribution in [0.1, 0.15) is 23.6 Å². The smallest absolute Gasteiger partial charge is 0.242 e. The molecule has 2 aliphatic rings. The van der Waals surface area contributed by atoms with Crippen molar-refractivity contribution < 1.29 is 4.79 Å².